The molecule has 3 nitrogen and oxygen atoms in total. The number of hydrogen-bond donors (Lipinski definition) is 2. The third-order valence-corrected chi connectivity index (χ3v) is 6.17. The summed E-state index contributed by atoms with van der Waals surface area (Å²) < 4.78 is 40.9. The van der Waals surface area contributed by atoms with Gasteiger partial charge in [-0.1, -0.05) is 41.9 Å². The van der Waals surface area contributed by atoms with Gasteiger partial charge in [-0.05, 0) is 76.5 Å². The molecule has 2 aromatic rings. The SMILES string of the molecule is CC1(C)CC(N(Cc2ccccc2)C(=S)Nc2ccc(Cl)cc2C(F)(F)F)CC(C)(C)N1. The van der Waals surface area contributed by atoms with Gasteiger partial charge in [0, 0.05) is 28.7 Å². The molecule has 0 saturated carbocycles. The highest BCUT2D eigenvalue weighted by Gasteiger charge is 2.41. The Hall–Kier alpha value is -1.83. The first-order valence-electron chi connectivity index (χ1n) is 10.5. The molecule has 0 radical (unpaired) electrons. The summed E-state index contributed by atoms with van der Waals surface area (Å²) in [7, 11) is 0. The molecule has 0 bridgehead atoms. The van der Waals surface area contributed by atoms with E-state index in [0.717, 1.165) is 24.5 Å². The van der Waals surface area contributed by atoms with Gasteiger partial charge < -0.3 is 15.5 Å². The molecule has 1 aliphatic heterocycles. The van der Waals surface area contributed by atoms with Gasteiger partial charge >= 0.3 is 6.18 Å². The minimum atomic E-state index is -4.55. The van der Waals surface area contributed by atoms with Crippen LogP contribution < -0.4 is 10.6 Å². The van der Waals surface area contributed by atoms with Gasteiger partial charge in [0.1, 0.15) is 0 Å². The first-order chi connectivity index (χ1) is 14.8. The number of nitrogens with one attached hydrogen (secondary N) is 2. The topological polar surface area (TPSA) is 27.3 Å². The number of alkyl halides is 3. The maximum Gasteiger partial charge on any atom is 0.418 e. The van der Waals surface area contributed by atoms with Crippen LogP contribution in [-0.2, 0) is 12.7 Å². The number of anilines is 1. The standard InChI is InChI=1S/C24H29ClF3N3S/c1-22(2)13-18(14-23(3,4)30-22)31(15-16-8-6-5-7-9-16)21(32)29-20-11-10-17(25)12-19(20)24(26,27)28/h5-12,18,30H,13-15H2,1-4H3,(H,29,32). The van der Waals surface area contributed by atoms with Crippen LogP contribution in [0.1, 0.15) is 51.7 Å². The Balaban J connectivity index is 1.94. The van der Waals surface area contributed by atoms with Crippen molar-refractivity contribution in [3.63, 3.8) is 0 Å². The zero-order valence-corrected chi connectivity index (χ0v) is 20.3. The fourth-order valence-electron chi connectivity index (χ4n) is 4.68. The third-order valence-electron chi connectivity index (χ3n) is 5.59. The molecule has 1 fully saturated rings. The van der Waals surface area contributed by atoms with Gasteiger partial charge in [-0.25, -0.2) is 0 Å². The monoisotopic (exact) mass is 483 g/mol. The summed E-state index contributed by atoms with van der Waals surface area (Å²) in [5.41, 5.74) is -0.184. The van der Waals surface area contributed by atoms with Crippen LogP contribution in [-0.4, -0.2) is 27.1 Å². The second kappa shape index (κ2) is 9.20. The molecule has 174 valence electrons. The van der Waals surface area contributed by atoms with E-state index in [1.807, 2.05) is 35.2 Å². The molecule has 0 aromatic heterocycles. The number of halogens is 4. The number of nitrogens with zero attached hydrogens (tertiary/aromatic N) is 1. The van der Waals surface area contributed by atoms with Crippen LogP contribution in [0, 0.1) is 0 Å². The fraction of sp³-hybridized carbons (Fsp3) is 0.458. The van der Waals surface area contributed by atoms with Crippen LogP contribution in [0.5, 0.6) is 0 Å². The lowest BCUT2D eigenvalue weighted by Gasteiger charge is -2.50. The smallest absolute Gasteiger partial charge is 0.342 e. The Morgan fingerprint density at radius 3 is 2.25 bits per heavy atom. The predicted octanol–water partition coefficient (Wildman–Crippen LogP) is 6.87. The van der Waals surface area contributed by atoms with Gasteiger partial charge in [0.15, 0.2) is 5.11 Å². The summed E-state index contributed by atoms with van der Waals surface area (Å²) in [6.45, 7) is 9.05. The Bertz CT molecular complexity index is 945. The maximum atomic E-state index is 13.6. The van der Waals surface area contributed by atoms with Crippen molar-refractivity contribution >= 4 is 34.6 Å². The van der Waals surface area contributed by atoms with Crippen molar-refractivity contribution in [2.24, 2.45) is 0 Å². The van der Waals surface area contributed by atoms with Crippen molar-refractivity contribution < 1.29 is 13.2 Å². The van der Waals surface area contributed by atoms with Gasteiger partial charge in [0.2, 0.25) is 0 Å². The number of thiocarbonyl (C=S) groups is 1. The highest BCUT2D eigenvalue weighted by atomic mass is 35.5. The lowest BCUT2D eigenvalue weighted by atomic mass is 9.79. The van der Waals surface area contributed by atoms with Gasteiger partial charge in [-0.3, -0.25) is 0 Å². The summed E-state index contributed by atoms with van der Waals surface area (Å²) in [6.07, 6.45) is -2.94. The Morgan fingerprint density at radius 1 is 1.09 bits per heavy atom. The molecule has 2 aromatic carbocycles. The average Bonchev–Trinajstić information content (AvgIpc) is 2.65. The van der Waals surface area contributed by atoms with E-state index in [2.05, 4.69) is 38.3 Å². The number of hydrogen-bond acceptors (Lipinski definition) is 2. The highest BCUT2D eigenvalue weighted by molar-refractivity contribution is 7.80. The Labute approximate surface area is 198 Å². The molecule has 1 aliphatic rings. The number of benzene rings is 2. The maximum absolute atomic E-state index is 13.6. The molecular formula is C24H29ClF3N3S. The van der Waals surface area contributed by atoms with E-state index in [-0.39, 0.29) is 32.9 Å². The Kier molecular flexibility index (Phi) is 7.13. The van der Waals surface area contributed by atoms with Gasteiger partial charge in [-0.15, -0.1) is 0 Å². The van der Waals surface area contributed by atoms with Crippen LogP contribution in [0.2, 0.25) is 5.02 Å². The van der Waals surface area contributed by atoms with E-state index in [9.17, 15) is 13.2 Å². The van der Waals surface area contributed by atoms with Crippen molar-refractivity contribution in [1.82, 2.24) is 10.2 Å². The van der Waals surface area contributed by atoms with E-state index in [4.69, 9.17) is 23.8 Å². The van der Waals surface area contributed by atoms with E-state index in [1.54, 1.807) is 0 Å². The summed E-state index contributed by atoms with van der Waals surface area (Å²) in [6, 6.07) is 13.5. The van der Waals surface area contributed by atoms with Crippen molar-refractivity contribution in [3.8, 4) is 0 Å². The second-order valence-electron chi connectivity index (χ2n) is 9.69. The van der Waals surface area contributed by atoms with E-state index >= 15 is 0 Å². The zero-order valence-electron chi connectivity index (χ0n) is 18.7. The predicted molar refractivity (Wildman–Crippen MR) is 129 cm³/mol. The number of piperidine rings is 1. The van der Waals surface area contributed by atoms with E-state index < -0.39 is 11.7 Å². The molecule has 2 N–H and O–H groups in total. The minimum absolute atomic E-state index is 0.0248. The van der Waals surface area contributed by atoms with Gasteiger partial charge in [0.05, 0.1) is 11.3 Å². The number of rotatable bonds is 4. The Morgan fingerprint density at radius 2 is 1.69 bits per heavy atom. The molecule has 0 amide bonds. The van der Waals surface area contributed by atoms with E-state index in [0.29, 0.717) is 6.54 Å². The minimum Gasteiger partial charge on any atom is -0.342 e. The molecular weight excluding hydrogens is 455 g/mol. The molecule has 0 atom stereocenters. The highest BCUT2D eigenvalue weighted by Crippen LogP contribution is 2.37. The molecule has 8 heteroatoms. The third kappa shape index (κ3) is 6.36. The van der Waals surface area contributed by atoms with Crippen molar-refractivity contribution in [3.05, 3.63) is 64.7 Å². The van der Waals surface area contributed by atoms with Crippen molar-refractivity contribution in [2.75, 3.05) is 5.32 Å². The van der Waals surface area contributed by atoms with Crippen LogP contribution in [0.3, 0.4) is 0 Å². The molecule has 1 saturated heterocycles. The quantitative estimate of drug-likeness (QED) is 0.464. The molecule has 0 aliphatic carbocycles. The summed E-state index contributed by atoms with van der Waals surface area (Å²) in [5.74, 6) is 0. The second-order valence-corrected chi connectivity index (χ2v) is 10.5. The van der Waals surface area contributed by atoms with Crippen LogP contribution >= 0.6 is 23.8 Å². The van der Waals surface area contributed by atoms with Crippen LogP contribution in [0.15, 0.2) is 48.5 Å². The molecule has 0 unspecified atom stereocenters. The largest absolute Gasteiger partial charge is 0.418 e. The molecule has 32 heavy (non-hydrogen) atoms. The van der Waals surface area contributed by atoms with Crippen LogP contribution in [0.25, 0.3) is 0 Å². The summed E-state index contributed by atoms with van der Waals surface area (Å²) >= 11 is 11.5. The lowest BCUT2D eigenvalue weighted by Crippen LogP contribution is -2.63. The lowest BCUT2D eigenvalue weighted by molar-refractivity contribution is -0.136. The fourth-order valence-corrected chi connectivity index (χ4v) is 5.18. The summed E-state index contributed by atoms with van der Waals surface area (Å²) in [5, 5.41) is 6.81. The average molecular weight is 484 g/mol. The first-order valence-corrected chi connectivity index (χ1v) is 11.3. The zero-order chi connectivity index (χ0) is 23.7. The van der Waals surface area contributed by atoms with E-state index in [1.165, 1.54) is 12.1 Å². The summed E-state index contributed by atoms with van der Waals surface area (Å²) in [4.78, 5) is 2.02. The van der Waals surface area contributed by atoms with Crippen molar-refractivity contribution in [2.45, 2.75) is 70.4 Å². The molecule has 3 rings (SSSR count). The molecule has 1 heterocycles. The molecule has 0 spiro atoms. The van der Waals surface area contributed by atoms with Gasteiger partial charge in [-0.2, -0.15) is 13.2 Å². The normalized spacial score (nSPS) is 18.2. The van der Waals surface area contributed by atoms with Crippen LogP contribution in [0.4, 0.5) is 18.9 Å². The first kappa shape index (κ1) is 24.8. The van der Waals surface area contributed by atoms with Gasteiger partial charge in [0.25, 0.3) is 0 Å². The van der Waals surface area contributed by atoms with Crippen molar-refractivity contribution in [1.29, 1.82) is 0 Å².